The molecule has 0 spiro atoms. The second-order valence-corrected chi connectivity index (χ2v) is 7.42. The Morgan fingerprint density at radius 3 is 2.87 bits per heavy atom. The van der Waals surface area contributed by atoms with Crippen LogP contribution in [0.15, 0.2) is 35.0 Å². The van der Waals surface area contributed by atoms with Crippen LogP contribution < -0.4 is 10.0 Å². The number of imidazole rings is 1. The Balaban J connectivity index is 1.82. The smallest absolute Gasteiger partial charge is 0.240 e. The molecule has 0 aliphatic rings. The van der Waals surface area contributed by atoms with Gasteiger partial charge in [0, 0.05) is 42.4 Å². The van der Waals surface area contributed by atoms with Crippen molar-refractivity contribution in [3.8, 4) is 22.6 Å². The standard InChI is InChI=1S/C20H26N8OS/c1-28(2)8-7-22-13-19-25-20(26-29-19)15-9-14(10-16(11-15)27-30-3)17-12-23-18(24-17)5-4-6-21/h4-6,9-12,21-22,27H,7-8,13H2,1-3H3,(H,23,24)/b5-4-,21-6?. The number of rotatable bonds is 11. The maximum absolute atomic E-state index is 7.10. The van der Waals surface area contributed by atoms with E-state index in [9.17, 15) is 0 Å². The van der Waals surface area contributed by atoms with Crippen molar-refractivity contribution in [1.29, 1.82) is 5.41 Å². The molecule has 0 radical (unpaired) electrons. The van der Waals surface area contributed by atoms with Crippen LogP contribution in [0, 0.1) is 5.41 Å². The molecule has 0 aliphatic carbocycles. The van der Waals surface area contributed by atoms with Gasteiger partial charge in [-0.15, -0.1) is 0 Å². The van der Waals surface area contributed by atoms with E-state index in [2.05, 4.69) is 35.0 Å². The topological polar surface area (TPSA) is 119 Å². The van der Waals surface area contributed by atoms with E-state index in [0.717, 1.165) is 35.6 Å². The lowest BCUT2D eigenvalue weighted by Gasteiger charge is -2.08. The maximum Gasteiger partial charge on any atom is 0.240 e. The van der Waals surface area contributed by atoms with Gasteiger partial charge in [0.15, 0.2) is 0 Å². The number of likely N-dealkylation sites (N-methyl/N-ethyl adjacent to an activating group) is 1. The Morgan fingerprint density at radius 2 is 2.10 bits per heavy atom. The number of benzene rings is 1. The average Bonchev–Trinajstić information content (AvgIpc) is 3.39. The minimum absolute atomic E-state index is 0.527. The van der Waals surface area contributed by atoms with E-state index in [1.165, 1.54) is 18.2 Å². The van der Waals surface area contributed by atoms with E-state index < -0.39 is 0 Å². The van der Waals surface area contributed by atoms with Crippen LogP contribution in [-0.4, -0.2) is 64.7 Å². The number of nitrogens with one attached hydrogen (secondary N) is 4. The largest absolute Gasteiger partial charge is 0.338 e. The first-order chi connectivity index (χ1) is 14.6. The maximum atomic E-state index is 7.10. The fraction of sp³-hybridized carbons (Fsp3) is 0.300. The number of anilines is 1. The second kappa shape index (κ2) is 10.7. The van der Waals surface area contributed by atoms with Crippen molar-refractivity contribution >= 4 is 29.9 Å². The van der Waals surface area contributed by atoms with Crippen LogP contribution in [-0.2, 0) is 6.54 Å². The molecule has 0 amide bonds. The highest BCUT2D eigenvalue weighted by Crippen LogP contribution is 2.29. The van der Waals surface area contributed by atoms with E-state index in [0.29, 0.717) is 24.1 Å². The van der Waals surface area contributed by atoms with E-state index in [-0.39, 0.29) is 0 Å². The first-order valence-electron chi connectivity index (χ1n) is 9.44. The van der Waals surface area contributed by atoms with Crippen molar-refractivity contribution in [3.05, 3.63) is 42.2 Å². The van der Waals surface area contributed by atoms with E-state index in [1.54, 1.807) is 18.3 Å². The van der Waals surface area contributed by atoms with Gasteiger partial charge >= 0.3 is 0 Å². The van der Waals surface area contributed by atoms with Gasteiger partial charge in [0.05, 0.1) is 18.4 Å². The number of hydrogen-bond donors (Lipinski definition) is 4. The summed E-state index contributed by atoms with van der Waals surface area (Å²) >= 11 is 1.51. The molecule has 0 unspecified atom stereocenters. The van der Waals surface area contributed by atoms with Crippen LogP contribution in [0.2, 0.25) is 0 Å². The highest BCUT2D eigenvalue weighted by molar-refractivity contribution is 7.99. The average molecular weight is 427 g/mol. The van der Waals surface area contributed by atoms with Crippen molar-refractivity contribution in [1.82, 2.24) is 30.3 Å². The third-order valence-electron chi connectivity index (χ3n) is 4.15. The molecule has 3 rings (SSSR count). The monoisotopic (exact) mass is 426 g/mol. The highest BCUT2D eigenvalue weighted by atomic mass is 32.2. The molecule has 0 atom stereocenters. The van der Waals surface area contributed by atoms with Crippen LogP contribution in [0.25, 0.3) is 28.7 Å². The summed E-state index contributed by atoms with van der Waals surface area (Å²) < 4.78 is 8.67. The molecule has 1 aromatic carbocycles. The van der Waals surface area contributed by atoms with Crippen molar-refractivity contribution in [2.24, 2.45) is 0 Å². The summed E-state index contributed by atoms with van der Waals surface area (Å²) in [6, 6.07) is 6.01. The van der Waals surface area contributed by atoms with Crippen LogP contribution in [0.1, 0.15) is 11.7 Å². The summed E-state index contributed by atoms with van der Waals surface area (Å²) in [6.07, 6.45) is 8.31. The first kappa shape index (κ1) is 21.8. The first-order valence-corrected chi connectivity index (χ1v) is 10.7. The summed E-state index contributed by atoms with van der Waals surface area (Å²) in [4.78, 5) is 14.2. The third kappa shape index (κ3) is 6.02. The number of H-pyrrole nitrogens is 1. The lowest BCUT2D eigenvalue weighted by Crippen LogP contribution is -2.26. The zero-order valence-corrected chi connectivity index (χ0v) is 18.1. The van der Waals surface area contributed by atoms with Gasteiger partial charge in [-0.1, -0.05) is 17.1 Å². The van der Waals surface area contributed by atoms with Crippen LogP contribution in [0.4, 0.5) is 5.69 Å². The van der Waals surface area contributed by atoms with Crippen LogP contribution in [0.3, 0.4) is 0 Å². The molecule has 0 saturated carbocycles. The Labute approximate surface area is 180 Å². The molecule has 9 nitrogen and oxygen atoms in total. The molecular weight excluding hydrogens is 400 g/mol. The molecule has 0 aliphatic heterocycles. The lowest BCUT2D eigenvalue weighted by atomic mass is 10.1. The predicted molar refractivity (Wildman–Crippen MR) is 123 cm³/mol. The van der Waals surface area contributed by atoms with Gasteiger partial charge in [-0.05, 0) is 44.4 Å². The Hall–Kier alpha value is -2.95. The fourth-order valence-electron chi connectivity index (χ4n) is 2.74. The van der Waals surface area contributed by atoms with E-state index in [4.69, 9.17) is 9.93 Å². The second-order valence-electron chi connectivity index (χ2n) is 6.80. The van der Waals surface area contributed by atoms with Crippen LogP contribution in [0.5, 0.6) is 0 Å². The van der Waals surface area contributed by atoms with Gasteiger partial charge in [-0.2, -0.15) is 4.98 Å². The van der Waals surface area contributed by atoms with Crippen molar-refractivity contribution in [3.63, 3.8) is 0 Å². The summed E-state index contributed by atoms with van der Waals surface area (Å²) in [5, 5.41) is 14.5. The van der Waals surface area contributed by atoms with Gasteiger partial charge < -0.3 is 29.9 Å². The van der Waals surface area contributed by atoms with Crippen LogP contribution >= 0.6 is 11.9 Å². The quantitative estimate of drug-likeness (QED) is 0.210. The number of nitrogens with zero attached hydrogens (tertiary/aromatic N) is 4. The van der Waals surface area contributed by atoms with E-state index in [1.807, 2.05) is 38.6 Å². The third-order valence-corrected chi connectivity index (χ3v) is 4.59. The number of aromatic nitrogens is 4. The molecule has 0 saturated heterocycles. The molecule has 2 heterocycles. The molecular formula is C20H26N8OS. The fourth-order valence-corrected chi connectivity index (χ4v) is 3.09. The zero-order valence-electron chi connectivity index (χ0n) is 17.3. The molecule has 3 aromatic rings. The Bertz CT molecular complexity index is 994. The minimum atomic E-state index is 0.527. The zero-order chi connectivity index (χ0) is 21.3. The van der Waals surface area contributed by atoms with Gasteiger partial charge in [0.2, 0.25) is 11.7 Å². The number of allylic oxidation sites excluding steroid dienone is 1. The normalized spacial score (nSPS) is 11.5. The summed E-state index contributed by atoms with van der Waals surface area (Å²) in [5.74, 6) is 1.77. The van der Waals surface area contributed by atoms with Crippen molar-refractivity contribution in [2.75, 3.05) is 38.2 Å². The molecule has 158 valence electrons. The van der Waals surface area contributed by atoms with E-state index >= 15 is 0 Å². The summed E-state index contributed by atoms with van der Waals surface area (Å²) in [7, 11) is 4.07. The predicted octanol–water partition coefficient (Wildman–Crippen LogP) is 3.13. The highest BCUT2D eigenvalue weighted by Gasteiger charge is 2.13. The molecule has 4 N–H and O–H groups in total. The van der Waals surface area contributed by atoms with Gasteiger partial charge in [-0.25, -0.2) is 4.98 Å². The van der Waals surface area contributed by atoms with Crippen molar-refractivity contribution < 1.29 is 4.52 Å². The molecule has 2 aromatic heterocycles. The Kier molecular flexibility index (Phi) is 7.77. The van der Waals surface area contributed by atoms with Crippen molar-refractivity contribution in [2.45, 2.75) is 6.54 Å². The number of aromatic amines is 1. The molecule has 30 heavy (non-hydrogen) atoms. The molecule has 10 heteroatoms. The Morgan fingerprint density at radius 1 is 1.27 bits per heavy atom. The van der Waals surface area contributed by atoms with Gasteiger partial charge in [0.1, 0.15) is 5.82 Å². The summed E-state index contributed by atoms with van der Waals surface area (Å²) in [5.41, 5.74) is 3.58. The SMILES string of the molecule is CSNc1cc(-c2noc(CNCCN(C)C)n2)cc(-c2cnc(/C=C\C=N)[nH]2)c1. The lowest BCUT2D eigenvalue weighted by molar-refractivity contribution is 0.355. The van der Waals surface area contributed by atoms with Gasteiger partial charge in [0.25, 0.3) is 0 Å². The summed E-state index contributed by atoms with van der Waals surface area (Å²) in [6.45, 7) is 2.31. The number of hydrogen-bond acceptors (Lipinski definition) is 9. The molecule has 0 fully saturated rings. The minimum Gasteiger partial charge on any atom is -0.338 e. The van der Waals surface area contributed by atoms with Gasteiger partial charge in [-0.3, -0.25) is 0 Å². The molecule has 0 bridgehead atoms.